The molecule has 0 radical (unpaired) electrons. The molecule has 1 amide bonds. The van der Waals surface area contributed by atoms with Gasteiger partial charge >= 0.3 is 0 Å². The highest BCUT2D eigenvalue weighted by atomic mass is 16.3. The van der Waals surface area contributed by atoms with E-state index in [2.05, 4.69) is 10.6 Å². The third kappa shape index (κ3) is 2.98. The fourth-order valence-electron chi connectivity index (χ4n) is 2.20. The lowest BCUT2D eigenvalue weighted by atomic mass is 10.00. The van der Waals surface area contributed by atoms with Crippen molar-refractivity contribution in [3.05, 3.63) is 17.7 Å². The summed E-state index contributed by atoms with van der Waals surface area (Å²) in [5, 5.41) is 15.4. The Hall–Kier alpha value is -1.75. The minimum Gasteiger partial charge on any atom is -0.397 e. The number of nitrogens with two attached hydrogens (primary N) is 1. The number of anilines is 3. The van der Waals surface area contributed by atoms with Crippen molar-refractivity contribution in [2.24, 2.45) is 5.92 Å². The number of rotatable bonds is 4. The number of aryl methyl sites for hydroxylation is 1. The number of hydrogen-bond acceptors (Lipinski definition) is 4. The van der Waals surface area contributed by atoms with Gasteiger partial charge < -0.3 is 21.5 Å². The molecule has 2 rings (SSSR count). The van der Waals surface area contributed by atoms with Gasteiger partial charge in [-0.3, -0.25) is 4.79 Å². The highest BCUT2D eigenvalue weighted by Crippen LogP contribution is 2.31. The molecule has 0 aliphatic carbocycles. The van der Waals surface area contributed by atoms with Crippen molar-refractivity contribution in [3.8, 4) is 0 Å². The molecule has 5 nitrogen and oxygen atoms in total. The van der Waals surface area contributed by atoms with Crippen LogP contribution >= 0.6 is 0 Å². The number of fused-ring (bicyclic) bond motifs is 1. The second-order valence-corrected chi connectivity index (χ2v) is 5.32. The van der Waals surface area contributed by atoms with Gasteiger partial charge in [-0.25, -0.2) is 0 Å². The van der Waals surface area contributed by atoms with Crippen LogP contribution in [0.3, 0.4) is 0 Å². The van der Waals surface area contributed by atoms with Gasteiger partial charge in [-0.1, -0.05) is 13.8 Å². The van der Waals surface area contributed by atoms with E-state index in [0.29, 0.717) is 12.1 Å². The van der Waals surface area contributed by atoms with Gasteiger partial charge in [-0.05, 0) is 30.0 Å². The summed E-state index contributed by atoms with van der Waals surface area (Å²) >= 11 is 0. The first kappa shape index (κ1) is 13.7. The summed E-state index contributed by atoms with van der Waals surface area (Å²) < 4.78 is 0. The number of nitrogens with one attached hydrogen (secondary N) is 2. The lowest BCUT2D eigenvalue weighted by molar-refractivity contribution is -0.116. The maximum atomic E-state index is 11.4. The maximum absolute atomic E-state index is 11.4. The molecule has 1 heterocycles. The standard InChI is InChI=1S/C14H21N3O2/c1-8(2)13(7-18)16-12-6-11-9(5-10(12)15)3-4-14(19)17-11/h5-6,8,13,16,18H,3-4,7,15H2,1-2H3,(H,17,19)/t13-/m1/s1. The molecule has 0 spiro atoms. The van der Waals surface area contributed by atoms with E-state index in [1.807, 2.05) is 26.0 Å². The Morgan fingerprint density at radius 3 is 2.79 bits per heavy atom. The molecule has 1 atom stereocenters. The first-order valence-corrected chi connectivity index (χ1v) is 6.61. The molecule has 1 aromatic rings. The van der Waals surface area contributed by atoms with Crippen molar-refractivity contribution in [3.63, 3.8) is 0 Å². The average Bonchev–Trinajstić information content (AvgIpc) is 2.36. The fraction of sp³-hybridized carbons (Fsp3) is 0.500. The highest BCUT2D eigenvalue weighted by molar-refractivity contribution is 5.95. The smallest absolute Gasteiger partial charge is 0.224 e. The van der Waals surface area contributed by atoms with Gasteiger partial charge in [0.2, 0.25) is 5.91 Å². The highest BCUT2D eigenvalue weighted by Gasteiger charge is 2.18. The van der Waals surface area contributed by atoms with Crippen LogP contribution in [0.4, 0.5) is 17.1 Å². The molecular formula is C14H21N3O2. The number of nitrogen functional groups attached to an aromatic ring is 1. The minimum absolute atomic E-state index is 0.0331. The first-order chi connectivity index (χ1) is 9.01. The molecule has 5 heteroatoms. The molecule has 1 aromatic carbocycles. The summed E-state index contributed by atoms with van der Waals surface area (Å²) in [7, 11) is 0. The molecule has 1 aliphatic rings. The van der Waals surface area contributed by atoms with Gasteiger partial charge in [-0.2, -0.15) is 0 Å². The van der Waals surface area contributed by atoms with Crippen LogP contribution in [0.15, 0.2) is 12.1 Å². The Bertz CT molecular complexity index is 486. The summed E-state index contributed by atoms with van der Waals surface area (Å²) in [6.07, 6.45) is 1.23. The number of carbonyl (C=O) groups is 1. The maximum Gasteiger partial charge on any atom is 0.224 e. The molecule has 0 unspecified atom stereocenters. The predicted molar refractivity (Wildman–Crippen MR) is 77.1 cm³/mol. The fourth-order valence-corrected chi connectivity index (χ4v) is 2.20. The molecule has 0 bridgehead atoms. The summed E-state index contributed by atoms with van der Waals surface area (Å²) in [6.45, 7) is 4.11. The monoisotopic (exact) mass is 263 g/mol. The topological polar surface area (TPSA) is 87.4 Å². The van der Waals surface area contributed by atoms with Crippen molar-refractivity contribution >= 4 is 23.0 Å². The second-order valence-electron chi connectivity index (χ2n) is 5.32. The zero-order valence-corrected chi connectivity index (χ0v) is 11.4. The molecule has 0 saturated carbocycles. The Morgan fingerprint density at radius 2 is 2.16 bits per heavy atom. The molecule has 104 valence electrons. The van der Waals surface area contributed by atoms with E-state index in [1.165, 1.54) is 0 Å². The molecule has 19 heavy (non-hydrogen) atoms. The lowest BCUT2D eigenvalue weighted by Gasteiger charge is -2.24. The van der Waals surface area contributed by atoms with Gasteiger partial charge in [-0.15, -0.1) is 0 Å². The van der Waals surface area contributed by atoms with Gasteiger partial charge in [0.05, 0.1) is 24.0 Å². The van der Waals surface area contributed by atoms with Crippen LogP contribution in [-0.2, 0) is 11.2 Å². The summed E-state index contributed by atoms with van der Waals surface area (Å²) in [4.78, 5) is 11.4. The van der Waals surface area contributed by atoms with E-state index in [-0.39, 0.29) is 24.5 Å². The van der Waals surface area contributed by atoms with Crippen molar-refractivity contribution < 1.29 is 9.90 Å². The summed E-state index contributed by atoms with van der Waals surface area (Å²) in [6, 6.07) is 3.69. The molecule has 0 fully saturated rings. The lowest BCUT2D eigenvalue weighted by Crippen LogP contribution is -2.30. The van der Waals surface area contributed by atoms with Crippen LogP contribution in [0.25, 0.3) is 0 Å². The first-order valence-electron chi connectivity index (χ1n) is 6.61. The van der Waals surface area contributed by atoms with Crippen molar-refractivity contribution in [1.82, 2.24) is 0 Å². The molecule has 0 aromatic heterocycles. The zero-order valence-electron chi connectivity index (χ0n) is 11.4. The quantitative estimate of drug-likeness (QED) is 0.621. The number of hydrogen-bond donors (Lipinski definition) is 4. The number of amides is 1. The number of benzene rings is 1. The second kappa shape index (κ2) is 5.48. The Morgan fingerprint density at radius 1 is 1.42 bits per heavy atom. The normalized spacial score (nSPS) is 15.9. The van der Waals surface area contributed by atoms with Crippen molar-refractivity contribution in [2.45, 2.75) is 32.7 Å². The Kier molecular flexibility index (Phi) is 3.95. The van der Waals surface area contributed by atoms with Crippen LogP contribution in [0, 0.1) is 5.92 Å². The molecule has 1 aliphatic heterocycles. The van der Waals surface area contributed by atoms with E-state index in [4.69, 9.17) is 5.73 Å². The van der Waals surface area contributed by atoms with Crippen LogP contribution in [-0.4, -0.2) is 23.7 Å². The molecule has 0 saturated heterocycles. The molecule has 5 N–H and O–H groups in total. The van der Waals surface area contributed by atoms with E-state index in [0.717, 1.165) is 23.4 Å². The Balaban J connectivity index is 2.26. The van der Waals surface area contributed by atoms with Gasteiger partial charge in [0.1, 0.15) is 0 Å². The van der Waals surface area contributed by atoms with Crippen LogP contribution < -0.4 is 16.4 Å². The van der Waals surface area contributed by atoms with E-state index in [1.54, 1.807) is 0 Å². The zero-order chi connectivity index (χ0) is 14.0. The van der Waals surface area contributed by atoms with Gasteiger partial charge in [0, 0.05) is 12.1 Å². The Labute approximate surface area is 113 Å². The van der Waals surface area contributed by atoms with E-state index in [9.17, 15) is 9.90 Å². The largest absolute Gasteiger partial charge is 0.397 e. The van der Waals surface area contributed by atoms with E-state index >= 15 is 0 Å². The van der Waals surface area contributed by atoms with E-state index < -0.39 is 0 Å². The van der Waals surface area contributed by atoms with Gasteiger partial charge in [0.15, 0.2) is 0 Å². The number of carbonyl (C=O) groups excluding carboxylic acids is 1. The van der Waals surface area contributed by atoms with Crippen molar-refractivity contribution in [2.75, 3.05) is 23.0 Å². The average molecular weight is 263 g/mol. The SMILES string of the molecule is CC(C)[C@@H](CO)Nc1cc2c(cc1N)CCC(=O)N2. The third-order valence-corrected chi connectivity index (χ3v) is 3.51. The third-order valence-electron chi connectivity index (χ3n) is 3.51. The summed E-state index contributed by atoms with van der Waals surface area (Å²) in [5.41, 5.74) is 9.31. The number of aliphatic hydroxyl groups excluding tert-OH is 1. The van der Waals surface area contributed by atoms with Crippen molar-refractivity contribution in [1.29, 1.82) is 0 Å². The van der Waals surface area contributed by atoms with Gasteiger partial charge in [0.25, 0.3) is 0 Å². The number of aliphatic hydroxyl groups is 1. The van der Waals surface area contributed by atoms with Crippen LogP contribution in [0.5, 0.6) is 0 Å². The van der Waals surface area contributed by atoms with Crippen LogP contribution in [0.1, 0.15) is 25.8 Å². The van der Waals surface area contributed by atoms with Crippen LogP contribution in [0.2, 0.25) is 0 Å². The summed E-state index contributed by atoms with van der Waals surface area (Å²) in [5.74, 6) is 0.320. The predicted octanol–water partition coefficient (Wildman–Crippen LogP) is 1.58. The molecular weight excluding hydrogens is 242 g/mol. The minimum atomic E-state index is -0.0559.